The number of hydrogen-bond acceptors (Lipinski definition) is 3. The van der Waals surface area contributed by atoms with Gasteiger partial charge in [-0.2, -0.15) is 0 Å². The minimum Gasteiger partial charge on any atom is -0.338 e. The summed E-state index contributed by atoms with van der Waals surface area (Å²) in [5.41, 5.74) is 1.10. The van der Waals surface area contributed by atoms with Crippen molar-refractivity contribution in [2.45, 2.75) is 25.7 Å². The first kappa shape index (κ1) is 16.8. The fourth-order valence-electron chi connectivity index (χ4n) is 2.48. The molecule has 0 spiro atoms. The topological polar surface area (TPSA) is 54.5 Å². The highest BCUT2D eigenvalue weighted by Gasteiger charge is 2.31. The van der Waals surface area contributed by atoms with Crippen LogP contribution in [0, 0.1) is 18.8 Å². The zero-order chi connectivity index (χ0) is 15.9. The summed E-state index contributed by atoms with van der Waals surface area (Å²) in [5, 5.41) is 0. The molecule has 1 aromatic carbocycles. The highest BCUT2D eigenvalue weighted by atomic mass is 79.9. The number of amides is 1. The molecule has 0 bridgehead atoms. The van der Waals surface area contributed by atoms with E-state index in [1.165, 1.54) is 12.1 Å². The van der Waals surface area contributed by atoms with Crippen molar-refractivity contribution >= 4 is 41.6 Å². The van der Waals surface area contributed by atoms with Crippen LogP contribution in [0.3, 0.4) is 0 Å². The molecule has 1 heterocycles. The SMILES string of the molecule is Cc1c(Br)cc(S(=O)(=O)Cl)cc1C(=O)N1CC(C)C(C)C1. The Bertz CT molecular complexity index is 680. The minimum absolute atomic E-state index is 0.0646. The van der Waals surface area contributed by atoms with Gasteiger partial charge in [0.25, 0.3) is 15.0 Å². The Balaban J connectivity index is 2.44. The molecule has 1 amide bonds. The second-order valence-corrected chi connectivity index (χ2v) is 9.10. The molecular formula is C14H17BrClNO3S. The van der Waals surface area contributed by atoms with E-state index in [0.29, 0.717) is 35.0 Å². The average molecular weight is 395 g/mol. The molecule has 1 saturated heterocycles. The smallest absolute Gasteiger partial charge is 0.261 e. The molecule has 1 aliphatic rings. The van der Waals surface area contributed by atoms with Crippen molar-refractivity contribution in [3.05, 3.63) is 27.7 Å². The second kappa shape index (κ2) is 5.89. The van der Waals surface area contributed by atoms with Gasteiger partial charge in [-0.05, 0) is 36.5 Å². The molecule has 1 fully saturated rings. The van der Waals surface area contributed by atoms with E-state index in [1.54, 1.807) is 11.8 Å². The van der Waals surface area contributed by atoms with Crippen molar-refractivity contribution in [2.75, 3.05) is 13.1 Å². The number of carbonyl (C=O) groups is 1. The van der Waals surface area contributed by atoms with Crippen LogP contribution < -0.4 is 0 Å². The second-order valence-electron chi connectivity index (χ2n) is 5.68. The number of nitrogens with zero attached hydrogens (tertiary/aromatic N) is 1. The zero-order valence-corrected chi connectivity index (χ0v) is 15.2. The number of likely N-dealkylation sites (tertiary alicyclic amines) is 1. The fraction of sp³-hybridized carbons (Fsp3) is 0.500. The Labute approximate surface area is 138 Å². The first-order chi connectivity index (χ1) is 9.61. The number of rotatable bonds is 2. The van der Waals surface area contributed by atoms with Crippen molar-refractivity contribution in [3.63, 3.8) is 0 Å². The van der Waals surface area contributed by atoms with Crippen molar-refractivity contribution in [1.29, 1.82) is 0 Å². The van der Waals surface area contributed by atoms with E-state index in [1.807, 2.05) is 0 Å². The predicted molar refractivity (Wildman–Crippen MR) is 86.1 cm³/mol. The van der Waals surface area contributed by atoms with Gasteiger partial charge in [0.05, 0.1) is 4.90 Å². The molecule has 0 aromatic heterocycles. The maximum atomic E-state index is 12.7. The Morgan fingerprint density at radius 3 is 2.29 bits per heavy atom. The van der Waals surface area contributed by atoms with E-state index >= 15 is 0 Å². The highest BCUT2D eigenvalue weighted by molar-refractivity contribution is 9.10. The van der Waals surface area contributed by atoms with Gasteiger partial charge in [0.15, 0.2) is 0 Å². The van der Waals surface area contributed by atoms with Gasteiger partial charge in [-0.25, -0.2) is 8.42 Å². The van der Waals surface area contributed by atoms with E-state index in [2.05, 4.69) is 29.8 Å². The van der Waals surface area contributed by atoms with E-state index in [9.17, 15) is 13.2 Å². The summed E-state index contributed by atoms with van der Waals surface area (Å²) in [5.74, 6) is 0.738. The molecule has 7 heteroatoms. The summed E-state index contributed by atoms with van der Waals surface area (Å²) in [6, 6.07) is 2.78. The van der Waals surface area contributed by atoms with Gasteiger partial charge in [0.1, 0.15) is 0 Å². The summed E-state index contributed by atoms with van der Waals surface area (Å²) < 4.78 is 23.6. The maximum absolute atomic E-state index is 12.7. The first-order valence-corrected chi connectivity index (χ1v) is 9.75. The van der Waals surface area contributed by atoms with Crippen LogP contribution in [0.2, 0.25) is 0 Å². The van der Waals surface area contributed by atoms with Gasteiger partial charge < -0.3 is 4.90 Å². The Kier molecular flexibility index (Phi) is 4.71. The minimum atomic E-state index is -3.87. The van der Waals surface area contributed by atoms with Crippen LogP contribution in [-0.4, -0.2) is 32.3 Å². The van der Waals surface area contributed by atoms with E-state index in [0.717, 1.165) is 5.56 Å². The molecule has 0 saturated carbocycles. The molecule has 0 radical (unpaired) electrons. The van der Waals surface area contributed by atoms with Gasteiger partial charge in [-0.3, -0.25) is 4.79 Å². The Morgan fingerprint density at radius 1 is 1.29 bits per heavy atom. The Morgan fingerprint density at radius 2 is 1.81 bits per heavy atom. The predicted octanol–water partition coefficient (Wildman–Crippen LogP) is 3.41. The molecule has 0 aliphatic carbocycles. The van der Waals surface area contributed by atoms with E-state index in [4.69, 9.17) is 10.7 Å². The molecule has 21 heavy (non-hydrogen) atoms. The maximum Gasteiger partial charge on any atom is 0.261 e. The first-order valence-electron chi connectivity index (χ1n) is 6.65. The van der Waals surface area contributed by atoms with Crippen LogP contribution in [-0.2, 0) is 9.05 Å². The molecular weight excluding hydrogens is 378 g/mol. The quantitative estimate of drug-likeness (QED) is 0.722. The van der Waals surface area contributed by atoms with Crippen LogP contribution in [0.4, 0.5) is 0 Å². The van der Waals surface area contributed by atoms with Gasteiger partial charge in [-0.15, -0.1) is 0 Å². The number of hydrogen-bond donors (Lipinski definition) is 0. The number of halogens is 2. The molecule has 2 rings (SSSR count). The monoisotopic (exact) mass is 393 g/mol. The third-order valence-corrected chi connectivity index (χ3v) is 6.26. The molecule has 4 nitrogen and oxygen atoms in total. The van der Waals surface area contributed by atoms with Gasteiger partial charge >= 0.3 is 0 Å². The molecule has 0 N–H and O–H groups in total. The third kappa shape index (κ3) is 3.43. The lowest BCUT2D eigenvalue weighted by molar-refractivity contribution is 0.0784. The average Bonchev–Trinajstić information content (AvgIpc) is 2.70. The van der Waals surface area contributed by atoms with E-state index < -0.39 is 9.05 Å². The molecule has 2 atom stereocenters. The normalized spacial score (nSPS) is 22.6. The van der Waals surface area contributed by atoms with Crippen molar-refractivity contribution < 1.29 is 13.2 Å². The van der Waals surface area contributed by atoms with E-state index in [-0.39, 0.29) is 10.8 Å². The lowest BCUT2D eigenvalue weighted by Crippen LogP contribution is -2.29. The summed E-state index contributed by atoms with van der Waals surface area (Å²) in [4.78, 5) is 14.4. The van der Waals surface area contributed by atoms with Gasteiger partial charge in [0, 0.05) is 33.8 Å². The standard InChI is InChI=1S/C14H17BrClNO3S/c1-8-6-17(7-9(8)2)14(18)12-4-11(21(16,19)20)5-13(15)10(12)3/h4-5,8-9H,6-7H2,1-3H3. The fourth-order valence-corrected chi connectivity index (χ4v) is 3.88. The van der Waals surface area contributed by atoms with Gasteiger partial charge in [0.2, 0.25) is 0 Å². The van der Waals surface area contributed by atoms with Crippen molar-refractivity contribution in [3.8, 4) is 0 Å². The summed E-state index contributed by atoms with van der Waals surface area (Å²) in [6.45, 7) is 7.38. The van der Waals surface area contributed by atoms with Crippen LogP contribution in [0.5, 0.6) is 0 Å². The number of benzene rings is 1. The van der Waals surface area contributed by atoms with Crippen LogP contribution >= 0.6 is 26.6 Å². The van der Waals surface area contributed by atoms with Crippen LogP contribution in [0.25, 0.3) is 0 Å². The lowest BCUT2D eigenvalue weighted by atomic mass is 10.0. The largest absolute Gasteiger partial charge is 0.338 e. The number of carbonyl (C=O) groups excluding carboxylic acids is 1. The van der Waals surface area contributed by atoms with Crippen LogP contribution in [0.15, 0.2) is 21.5 Å². The molecule has 1 aliphatic heterocycles. The molecule has 1 aromatic rings. The zero-order valence-electron chi connectivity index (χ0n) is 12.1. The summed E-state index contributed by atoms with van der Waals surface area (Å²) in [7, 11) is 1.52. The van der Waals surface area contributed by atoms with Crippen LogP contribution in [0.1, 0.15) is 29.8 Å². The molecule has 2 unspecified atom stereocenters. The van der Waals surface area contributed by atoms with Crippen molar-refractivity contribution in [1.82, 2.24) is 4.90 Å². The Hall–Kier alpha value is -0.590. The summed E-state index contributed by atoms with van der Waals surface area (Å²) >= 11 is 3.30. The molecule has 116 valence electrons. The highest BCUT2D eigenvalue weighted by Crippen LogP contribution is 2.30. The lowest BCUT2D eigenvalue weighted by Gasteiger charge is -2.18. The van der Waals surface area contributed by atoms with Gasteiger partial charge in [-0.1, -0.05) is 29.8 Å². The van der Waals surface area contributed by atoms with Crippen molar-refractivity contribution in [2.24, 2.45) is 11.8 Å². The third-order valence-electron chi connectivity index (χ3n) is 4.11. The summed E-state index contributed by atoms with van der Waals surface area (Å²) in [6.07, 6.45) is 0.